The van der Waals surface area contributed by atoms with Gasteiger partial charge in [0.1, 0.15) is 11.6 Å². The lowest BCUT2D eigenvalue weighted by Crippen LogP contribution is -2.48. The van der Waals surface area contributed by atoms with Crippen molar-refractivity contribution in [3.8, 4) is 0 Å². The van der Waals surface area contributed by atoms with Crippen molar-refractivity contribution in [2.75, 3.05) is 26.2 Å². The number of amides is 1. The summed E-state index contributed by atoms with van der Waals surface area (Å²) in [5.41, 5.74) is 3.55. The second-order valence-corrected chi connectivity index (χ2v) is 8.28. The van der Waals surface area contributed by atoms with Crippen LogP contribution in [0.25, 0.3) is 0 Å². The molecular weight excluding hydrogens is 421 g/mol. The molecule has 1 saturated heterocycles. The zero-order valence-corrected chi connectivity index (χ0v) is 18.6. The second kappa shape index (κ2) is 8.80. The van der Waals surface area contributed by atoms with Crippen LogP contribution < -0.4 is 0 Å². The van der Waals surface area contributed by atoms with Crippen LogP contribution in [0, 0.1) is 26.6 Å². The van der Waals surface area contributed by atoms with Gasteiger partial charge in [-0.1, -0.05) is 28.9 Å². The summed E-state index contributed by atoms with van der Waals surface area (Å²) in [6, 6.07) is 6.62. The molecule has 2 aromatic heterocycles. The molecule has 1 amide bonds. The fourth-order valence-corrected chi connectivity index (χ4v) is 4.01. The van der Waals surface area contributed by atoms with Crippen molar-refractivity contribution in [3.63, 3.8) is 0 Å². The summed E-state index contributed by atoms with van der Waals surface area (Å²) in [5.74, 6) is 0.214. The lowest BCUT2D eigenvalue weighted by molar-refractivity contribution is 0.0617. The van der Waals surface area contributed by atoms with E-state index in [4.69, 9.17) is 16.1 Å². The van der Waals surface area contributed by atoms with E-state index < -0.39 is 0 Å². The topological polar surface area (TPSA) is 67.4 Å². The van der Waals surface area contributed by atoms with Gasteiger partial charge < -0.3 is 9.42 Å². The van der Waals surface area contributed by atoms with E-state index >= 15 is 0 Å². The highest BCUT2D eigenvalue weighted by molar-refractivity contribution is 6.31. The highest BCUT2D eigenvalue weighted by Gasteiger charge is 2.28. The molecule has 0 atom stereocenters. The molecule has 0 bridgehead atoms. The van der Waals surface area contributed by atoms with Gasteiger partial charge in [-0.15, -0.1) is 0 Å². The largest absolute Gasteiger partial charge is 0.361 e. The third-order valence-corrected chi connectivity index (χ3v) is 6.29. The molecule has 164 valence electrons. The van der Waals surface area contributed by atoms with Crippen molar-refractivity contribution in [1.29, 1.82) is 0 Å². The Kier molecular flexibility index (Phi) is 6.11. The highest BCUT2D eigenvalue weighted by Crippen LogP contribution is 2.23. The Labute approximate surface area is 185 Å². The van der Waals surface area contributed by atoms with Crippen LogP contribution in [0.4, 0.5) is 4.39 Å². The van der Waals surface area contributed by atoms with Gasteiger partial charge in [0.2, 0.25) is 0 Å². The molecule has 3 heterocycles. The molecule has 1 aromatic carbocycles. The molecule has 1 aliphatic heterocycles. The summed E-state index contributed by atoms with van der Waals surface area (Å²) in [6.45, 7) is 9.14. The van der Waals surface area contributed by atoms with E-state index in [1.54, 1.807) is 28.6 Å². The zero-order chi connectivity index (χ0) is 22.1. The Hall–Kier alpha value is -2.71. The van der Waals surface area contributed by atoms with Gasteiger partial charge in [0, 0.05) is 38.3 Å². The summed E-state index contributed by atoms with van der Waals surface area (Å²) in [6.07, 6.45) is 0. The first kappa shape index (κ1) is 21.5. The van der Waals surface area contributed by atoms with Crippen molar-refractivity contribution in [3.05, 3.63) is 69.1 Å². The van der Waals surface area contributed by atoms with Gasteiger partial charge in [-0.3, -0.25) is 14.4 Å². The number of aryl methyl sites for hydroxylation is 2. The standard InChI is InChI=1S/C22H25ClFN5O2/c1-14-20(23)15(2)29(25-14)13-19-16(3)31-26-21(19)22(30)28-9-7-27(8-10-28)12-17-5-4-6-18(24)11-17/h4-6,11H,7-10,12-13H2,1-3H3. The van der Waals surface area contributed by atoms with Crippen molar-refractivity contribution in [1.82, 2.24) is 24.7 Å². The Morgan fingerprint density at radius 2 is 1.90 bits per heavy atom. The third kappa shape index (κ3) is 4.50. The number of nitrogens with zero attached hydrogens (tertiary/aromatic N) is 5. The number of piperazine rings is 1. The second-order valence-electron chi connectivity index (χ2n) is 7.91. The Balaban J connectivity index is 1.43. The normalized spacial score (nSPS) is 14.9. The highest BCUT2D eigenvalue weighted by atomic mass is 35.5. The minimum atomic E-state index is -0.232. The third-order valence-electron chi connectivity index (χ3n) is 5.74. The van der Waals surface area contributed by atoms with Crippen LogP contribution in [0.3, 0.4) is 0 Å². The molecule has 0 spiro atoms. The lowest BCUT2D eigenvalue weighted by atomic mass is 10.1. The number of hydrogen-bond acceptors (Lipinski definition) is 5. The number of carbonyl (C=O) groups excluding carboxylic acids is 1. The number of rotatable bonds is 5. The first-order chi connectivity index (χ1) is 14.8. The van der Waals surface area contributed by atoms with Crippen molar-refractivity contribution < 1.29 is 13.7 Å². The number of carbonyl (C=O) groups is 1. The molecule has 0 radical (unpaired) electrons. The molecule has 31 heavy (non-hydrogen) atoms. The Morgan fingerprint density at radius 3 is 2.55 bits per heavy atom. The van der Waals surface area contributed by atoms with Crippen LogP contribution in [-0.2, 0) is 13.1 Å². The molecule has 9 heteroatoms. The van der Waals surface area contributed by atoms with E-state index in [0.29, 0.717) is 55.7 Å². The summed E-state index contributed by atoms with van der Waals surface area (Å²) >= 11 is 6.26. The van der Waals surface area contributed by atoms with Crippen LogP contribution in [0.5, 0.6) is 0 Å². The first-order valence-electron chi connectivity index (χ1n) is 10.2. The fraction of sp³-hybridized carbons (Fsp3) is 0.409. The predicted molar refractivity (Wildman–Crippen MR) is 115 cm³/mol. The van der Waals surface area contributed by atoms with Gasteiger partial charge in [-0.2, -0.15) is 5.10 Å². The van der Waals surface area contributed by atoms with Gasteiger partial charge in [0.25, 0.3) is 5.91 Å². The van der Waals surface area contributed by atoms with Crippen LogP contribution in [0.1, 0.15) is 38.8 Å². The molecule has 7 nitrogen and oxygen atoms in total. The summed E-state index contributed by atoms with van der Waals surface area (Å²) in [7, 11) is 0. The molecule has 0 N–H and O–H groups in total. The lowest BCUT2D eigenvalue weighted by Gasteiger charge is -2.34. The SMILES string of the molecule is Cc1nn(Cc2c(C(=O)N3CCN(Cc4cccc(F)c4)CC3)noc2C)c(C)c1Cl. The fourth-order valence-electron chi connectivity index (χ4n) is 3.88. The van der Waals surface area contributed by atoms with Crippen molar-refractivity contribution >= 4 is 17.5 Å². The quantitative estimate of drug-likeness (QED) is 0.600. The summed E-state index contributed by atoms with van der Waals surface area (Å²) < 4.78 is 20.5. The molecule has 0 saturated carbocycles. The van der Waals surface area contributed by atoms with Gasteiger partial charge in [0.05, 0.1) is 23.0 Å². The van der Waals surface area contributed by atoms with Gasteiger partial charge >= 0.3 is 0 Å². The molecule has 3 aromatic rings. The zero-order valence-electron chi connectivity index (χ0n) is 17.9. The maximum Gasteiger partial charge on any atom is 0.276 e. The minimum Gasteiger partial charge on any atom is -0.361 e. The van der Waals surface area contributed by atoms with E-state index in [0.717, 1.165) is 22.5 Å². The number of hydrogen-bond donors (Lipinski definition) is 0. The van der Waals surface area contributed by atoms with E-state index in [1.165, 1.54) is 6.07 Å². The Bertz CT molecular complexity index is 1100. The maximum atomic E-state index is 13.4. The predicted octanol–water partition coefficient (Wildman–Crippen LogP) is 3.60. The molecular formula is C22H25ClFN5O2. The van der Waals surface area contributed by atoms with Crippen LogP contribution in [0.2, 0.25) is 5.02 Å². The molecule has 0 aliphatic carbocycles. The van der Waals surface area contributed by atoms with Gasteiger partial charge in [0.15, 0.2) is 5.69 Å². The van der Waals surface area contributed by atoms with Crippen LogP contribution >= 0.6 is 11.6 Å². The molecule has 0 unspecified atom stereocenters. The van der Waals surface area contributed by atoms with E-state index in [9.17, 15) is 9.18 Å². The average molecular weight is 446 g/mol. The smallest absolute Gasteiger partial charge is 0.276 e. The van der Waals surface area contributed by atoms with Crippen molar-refractivity contribution in [2.45, 2.75) is 33.9 Å². The monoisotopic (exact) mass is 445 g/mol. The van der Waals surface area contributed by atoms with E-state index in [-0.39, 0.29) is 11.7 Å². The summed E-state index contributed by atoms with van der Waals surface area (Å²) in [5, 5.41) is 9.12. The maximum absolute atomic E-state index is 13.4. The molecule has 1 fully saturated rings. The average Bonchev–Trinajstić information content (AvgIpc) is 3.23. The van der Waals surface area contributed by atoms with E-state index in [1.807, 2.05) is 19.9 Å². The Morgan fingerprint density at radius 1 is 1.16 bits per heavy atom. The van der Waals surface area contributed by atoms with E-state index in [2.05, 4.69) is 15.2 Å². The minimum absolute atomic E-state index is 0.148. The number of benzene rings is 1. The molecule has 1 aliphatic rings. The number of aromatic nitrogens is 3. The van der Waals surface area contributed by atoms with Crippen LogP contribution in [-0.4, -0.2) is 56.8 Å². The number of halogens is 2. The molecule has 4 rings (SSSR count). The summed E-state index contributed by atoms with van der Waals surface area (Å²) in [4.78, 5) is 17.2. The van der Waals surface area contributed by atoms with Crippen molar-refractivity contribution in [2.24, 2.45) is 0 Å². The van der Waals surface area contributed by atoms with Gasteiger partial charge in [-0.25, -0.2) is 4.39 Å². The van der Waals surface area contributed by atoms with Gasteiger partial charge in [-0.05, 0) is 38.5 Å². The first-order valence-corrected chi connectivity index (χ1v) is 10.6. The van der Waals surface area contributed by atoms with Crippen LogP contribution in [0.15, 0.2) is 28.8 Å².